The smallest absolute Gasteiger partial charge is 0.123 e. The van der Waals surface area contributed by atoms with Crippen LogP contribution < -0.4 is 10.6 Å². The summed E-state index contributed by atoms with van der Waals surface area (Å²) in [4.78, 5) is 15.5. The summed E-state index contributed by atoms with van der Waals surface area (Å²) in [6, 6.07) is 16.5. The quantitative estimate of drug-likeness (QED) is 0.296. The average molecular weight is 469 g/mol. The van der Waals surface area contributed by atoms with E-state index < -0.39 is 12.3 Å². The number of benzene rings is 2. The van der Waals surface area contributed by atoms with Gasteiger partial charge in [-0.3, -0.25) is 0 Å². The molecule has 0 saturated carbocycles. The molecular formula is C26H34F2N6. The summed E-state index contributed by atoms with van der Waals surface area (Å²) >= 11 is 0. The highest BCUT2D eigenvalue weighted by atomic mass is 19.1. The summed E-state index contributed by atoms with van der Waals surface area (Å²) < 4.78 is 26.9. The molecular weight excluding hydrogens is 434 g/mol. The van der Waals surface area contributed by atoms with E-state index in [9.17, 15) is 8.78 Å². The molecule has 2 fully saturated rings. The number of nitrogens with zero attached hydrogens (tertiary/aromatic N) is 2. The van der Waals surface area contributed by atoms with E-state index in [0.717, 1.165) is 45.3 Å². The van der Waals surface area contributed by atoms with Crippen LogP contribution in [-0.4, -0.2) is 45.4 Å². The maximum atomic E-state index is 13.5. The fourth-order valence-corrected chi connectivity index (χ4v) is 4.81. The van der Waals surface area contributed by atoms with Crippen molar-refractivity contribution >= 4 is 0 Å². The molecule has 2 aromatic carbocycles. The third-order valence-corrected chi connectivity index (χ3v) is 6.73. The van der Waals surface area contributed by atoms with Crippen molar-refractivity contribution in [2.45, 2.75) is 37.3 Å². The van der Waals surface area contributed by atoms with Gasteiger partial charge >= 0.3 is 0 Å². The molecule has 0 bridgehead atoms. The second kappa shape index (κ2) is 8.77. The van der Waals surface area contributed by atoms with Crippen molar-refractivity contribution in [3.8, 4) is 33.6 Å². The maximum Gasteiger partial charge on any atom is 0.123 e. The van der Waals surface area contributed by atoms with E-state index in [1.165, 1.54) is 0 Å². The third-order valence-electron chi connectivity index (χ3n) is 6.73. The first-order chi connectivity index (χ1) is 16.6. The Bertz CT molecular complexity index is 1180. The van der Waals surface area contributed by atoms with Gasteiger partial charge in [0.1, 0.15) is 24.0 Å². The fraction of sp³-hybridized carbons (Fsp3) is 0.308. The molecule has 34 heavy (non-hydrogen) atoms. The van der Waals surface area contributed by atoms with Crippen LogP contribution in [0.4, 0.5) is 8.78 Å². The molecule has 2 aliphatic heterocycles. The van der Waals surface area contributed by atoms with Crippen LogP contribution in [0.2, 0.25) is 0 Å². The number of rotatable bonds is 5. The highest BCUT2D eigenvalue weighted by molar-refractivity contribution is 5.71. The Morgan fingerprint density at radius 1 is 0.618 bits per heavy atom. The molecule has 0 amide bonds. The van der Waals surface area contributed by atoms with Crippen LogP contribution in [0, 0.1) is 0 Å². The van der Waals surface area contributed by atoms with Gasteiger partial charge in [0.2, 0.25) is 0 Å². The standard InChI is InChI=1S/C26H26F2N6.4H2/c27-19-9-21(29-11-19)25-31-13-23(33-25)17-5-1-15(2-6-17)16-3-7-18(8-4-16)24-14-32-26(34-24)22-10-20(28)12-30-22;;;;/h1-8,13-14,19-22,29-30H,9-12H2,(H,31,33)(H,32,34);4*1H/t19-,20-,21-,22-;;;;/m0..../s1. The van der Waals surface area contributed by atoms with Gasteiger partial charge < -0.3 is 20.6 Å². The molecule has 2 saturated heterocycles. The largest absolute Gasteiger partial charge is 0.341 e. The van der Waals surface area contributed by atoms with Crippen molar-refractivity contribution in [3.63, 3.8) is 0 Å². The molecule has 2 aromatic heterocycles. The van der Waals surface area contributed by atoms with E-state index in [1.54, 1.807) is 12.4 Å². The van der Waals surface area contributed by atoms with E-state index >= 15 is 0 Å². The Morgan fingerprint density at radius 3 is 1.35 bits per heavy atom. The Balaban J connectivity index is 0.00000127. The van der Waals surface area contributed by atoms with E-state index in [0.29, 0.717) is 25.9 Å². The monoisotopic (exact) mass is 468 g/mol. The van der Waals surface area contributed by atoms with Crippen LogP contribution in [0.5, 0.6) is 0 Å². The second-order valence-electron chi connectivity index (χ2n) is 9.11. The minimum Gasteiger partial charge on any atom is -0.341 e. The van der Waals surface area contributed by atoms with Gasteiger partial charge in [-0.05, 0) is 22.3 Å². The first-order valence-electron chi connectivity index (χ1n) is 11.7. The number of alkyl halides is 2. The zero-order chi connectivity index (χ0) is 23.1. The normalized spacial score (nSPS) is 24.6. The molecule has 8 heteroatoms. The summed E-state index contributed by atoms with van der Waals surface area (Å²) in [5.41, 5.74) is 6.15. The first-order valence-corrected chi connectivity index (χ1v) is 11.7. The molecule has 182 valence electrons. The molecule has 0 spiro atoms. The van der Waals surface area contributed by atoms with Crippen LogP contribution in [0.15, 0.2) is 60.9 Å². The molecule has 4 aromatic rings. The molecule has 0 unspecified atom stereocenters. The molecule has 4 atom stereocenters. The molecule has 6 rings (SSSR count). The van der Waals surface area contributed by atoms with E-state index in [2.05, 4.69) is 79.1 Å². The summed E-state index contributed by atoms with van der Waals surface area (Å²) in [6.45, 7) is 0.764. The average Bonchev–Trinajstić information content (AvgIpc) is 3.66. The number of nitrogens with one attached hydrogen (secondary N) is 4. The third kappa shape index (κ3) is 4.15. The van der Waals surface area contributed by atoms with Crippen LogP contribution in [0.25, 0.3) is 33.6 Å². The number of aromatic amines is 2. The van der Waals surface area contributed by atoms with Gasteiger partial charge in [-0.2, -0.15) is 0 Å². The number of halogens is 2. The highest BCUT2D eigenvalue weighted by Crippen LogP contribution is 2.29. The van der Waals surface area contributed by atoms with E-state index in [1.807, 2.05) is 0 Å². The van der Waals surface area contributed by atoms with Crippen molar-refractivity contribution in [2.24, 2.45) is 0 Å². The topological polar surface area (TPSA) is 81.4 Å². The van der Waals surface area contributed by atoms with Crippen LogP contribution in [0.1, 0.15) is 42.3 Å². The summed E-state index contributed by atoms with van der Waals surface area (Å²) in [6.07, 6.45) is 2.90. The Hall–Kier alpha value is -3.36. The lowest BCUT2D eigenvalue weighted by Gasteiger charge is -2.07. The molecule has 0 aliphatic carbocycles. The van der Waals surface area contributed by atoms with Crippen LogP contribution in [0.3, 0.4) is 0 Å². The van der Waals surface area contributed by atoms with Gasteiger partial charge in [0, 0.05) is 31.6 Å². The summed E-state index contributed by atoms with van der Waals surface area (Å²) in [7, 11) is 0. The van der Waals surface area contributed by atoms with Gasteiger partial charge in [0.05, 0.1) is 35.9 Å². The van der Waals surface area contributed by atoms with Crippen molar-refractivity contribution in [2.75, 3.05) is 13.1 Å². The molecule has 4 heterocycles. The summed E-state index contributed by atoms with van der Waals surface area (Å²) in [5.74, 6) is 1.56. The van der Waals surface area contributed by atoms with Crippen molar-refractivity contribution in [1.82, 2.24) is 30.6 Å². The first kappa shape index (κ1) is 21.2. The molecule has 0 radical (unpaired) electrons. The number of H-pyrrole nitrogens is 2. The maximum absolute atomic E-state index is 13.5. The van der Waals surface area contributed by atoms with Gasteiger partial charge in [0.25, 0.3) is 0 Å². The molecule has 4 N–H and O–H groups in total. The predicted molar refractivity (Wildman–Crippen MR) is 136 cm³/mol. The Kier molecular flexibility index (Phi) is 5.47. The van der Waals surface area contributed by atoms with Crippen LogP contribution >= 0.6 is 0 Å². The van der Waals surface area contributed by atoms with Gasteiger partial charge in [0.15, 0.2) is 0 Å². The number of hydrogen-bond donors (Lipinski definition) is 4. The van der Waals surface area contributed by atoms with Gasteiger partial charge in [-0.25, -0.2) is 18.7 Å². The SMILES string of the molecule is F[C@@H]1CN[C@H](c2ncc(-c3ccc(-c4ccc(-c5cnc([C@@H]6C[C@H](F)CN6)[nH]5)cc4)cc3)[nH]2)C1.[HH].[HH].[HH].[HH]. The lowest BCUT2D eigenvalue weighted by Crippen LogP contribution is -2.14. The number of hydrogen-bond acceptors (Lipinski definition) is 4. The van der Waals surface area contributed by atoms with Gasteiger partial charge in [-0.1, -0.05) is 48.5 Å². The second-order valence-corrected chi connectivity index (χ2v) is 9.11. The molecule has 6 nitrogen and oxygen atoms in total. The van der Waals surface area contributed by atoms with Crippen molar-refractivity contribution in [1.29, 1.82) is 0 Å². The van der Waals surface area contributed by atoms with Gasteiger partial charge in [-0.15, -0.1) is 0 Å². The highest BCUT2D eigenvalue weighted by Gasteiger charge is 2.28. The lowest BCUT2D eigenvalue weighted by atomic mass is 10.0. The van der Waals surface area contributed by atoms with Crippen LogP contribution in [-0.2, 0) is 0 Å². The Labute approximate surface area is 202 Å². The molecule has 2 aliphatic rings. The lowest BCUT2D eigenvalue weighted by molar-refractivity contribution is 0.354. The van der Waals surface area contributed by atoms with Crippen molar-refractivity contribution in [3.05, 3.63) is 72.6 Å². The van der Waals surface area contributed by atoms with Crippen molar-refractivity contribution < 1.29 is 14.5 Å². The van der Waals surface area contributed by atoms with E-state index in [4.69, 9.17) is 0 Å². The van der Waals surface area contributed by atoms with E-state index in [-0.39, 0.29) is 17.8 Å². The zero-order valence-corrected chi connectivity index (χ0v) is 18.6. The summed E-state index contributed by atoms with van der Waals surface area (Å²) in [5, 5.41) is 6.32. The fourth-order valence-electron chi connectivity index (χ4n) is 4.81. The number of imidazole rings is 2. The number of aromatic nitrogens is 4. The minimum absolute atomic E-state index is 0. The zero-order valence-electron chi connectivity index (χ0n) is 18.6. The predicted octanol–water partition coefficient (Wildman–Crippen LogP) is 5.86. The Morgan fingerprint density at radius 2 is 1.00 bits per heavy atom. The minimum atomic E-state index is -0.812.